The molecule has 0 saturated heterocycles. The molecule has 24 heavy (non-hydrogen) atoms. The van der Waals surface area contributed by atoms with Gasteiger partial charge in [-0.25, -0.2) is 9.67 Å². The third kappa shape index (κ3) is 3.19. The largest absolute Gasteiger partial charge is 0.345 e. The molecule has 0 bridgehead atoms. The molecule has 1 atom stereocenters. The van der Waals surface area contributed by atoms with E-state index >= 15 is 0 Å². The fourth-order valence-electron chi connectivity index (χ4n) is 2.63. The number of fused-ring (bicyclic) bond motifs is 1. The zero-order valence-corrected chi connectivity index (χ0v) is 15.4. The number of nitrogens with zero attached hydrogens (tertiary/aromatic N) is 3. The van der Waals surface area contributed by atoms with Gasteiger partial charge in [-0.1, -0.05) is 34.1 Å². The van der Waals surface area contributed by atoms with Crippen molar-refractivity contribution in [2.75, 3.05) is 0 Å². The fourth-order valence-corrected chi connectivity index (χ4v) is 3.25. The van der Waals surface area contributed by atoms with Gasteiger partial charge in [0.05, 0.1) is 17.8 Å². The van der Waals surface area contributed by atoms with Crippen LogP contribution in [0.1, 0.15) is 48.8 Å². The maximum Gasteiger partial charge on any atom is 0.253 e. The molecule has 0 aliphatic rings. The lowest BCUT2D eigenvalue weighted by molar-refractivity contribution is 0.0939. The topological polar surface area (TPSA) is 59.8 Å². The number of aromatic nitrogens is 3. The first-order valence-electron chi connectivity index (χ1n) is 7.86. The molecule has 3 aromatic rings. The molecule has 1 amide bonds. The standard InChI is InChI=1S/C18H19BrN4O/c1-11(2)23-17-13(10-21-23)8-14(9-20-17)18(24)22-12(3)15-6-4-5-7-16(15)19/h4-12H,1-3H3,(H,22,24)/t12-/m1/s1. The number of nitrogens with one attached hydrogen (secondary N) is 1. The number of rotatable bonds is 4. The lowest BCUT2D eigenvalue weighted by Gasteiger charge is -2.16. The van der Waals surface area contributed by atoms with E-state index in [1.807, 2.05) is 55.8 Å². The fraction of sp³-hybridized carbons (Fsp3) is 0.278. The number of halogens is 1. The third-order valence-electron chi connectivity index (χ3n) is 3.90. The predicted octanol–water partition coefficient (Wildman–Crippen LogP) is 4.27. The Morgan fingerprint density at radius 1 is 1.21 bits per heavy atom. The first-order chi connectivity index (χ1) is 11.5. The Kier molecular flexibility index (Phi) is 4.66. The van der Waals surface area contributed by atoms with Gasteiger partial charge in [-0.3, -0.25) is 4.79 Å². The Morgan fingerprint density at radius 2 is 1.96 bits per heavy atom. The minimum Gasteiger partial charge on any atom is -0.345 e. The Balaban J connectivity index is 1.82. The zero-order valence-electron chi connectivity index (χ0n) is 13.8. The molecule has 0 aliphatic heterocycles. The smallest absolute Gasteiger partial charge is 0.253 e. The highest BCUT2D eigenvalue weighted by Crippen LogP contribution is 2.23. The van der Waals surface area contributed by atoms with Crippen LogP contribution in [0.2, 0.25) is 0 Å². The summed E-state index contributed by atoms with van der Waals surface area (Å²) in [6.07, 6.45) is 3.35. The summed E-state index contributed by atoms with van der Waals surface area (Å²) in [7, 11) is 0. The van der Waals surface area contributed by atoms with E-state index < -0.39 is 0 Å². The van der Waals surface area contributed by atoms with E-state index in [4.69, 9.17) is 0 Å². The minimum atomic E-state index is -0.148. The maximum atomic E-state index is 12.5. The number of hydrogen-bond acceptors (Lipinski definition) is 3. The second kappa shape index (κ2) is 6.73. The van der Waals surface area contributed by atoms with Gasteiger partial charge in [-0.15, -0.1) is 0 Å². The average molecular weight is 387 g/mol. The van der Waals surface area contributed by atoms with E-state index in [-0.39, 0.29) is 18.0 Å². The molecule has 0 saturated carbocycles. The van der Waals surface area contributed by atoms with Crippen molar-refractivity contribution in [3.63, 3.8) is 0 Å². The van der Waals surface area contributed by atoms with Crippen LogP contribution in [0, 0.1) is 0 Å². The second-order valence-electron chi connectivity index (χ2n) is 6.04. The molecule has 0 aliphatic carbocycles. The van der Waals surface area contributed by atoms with E-state index in [0.29, 0.717) is 5.56 Å². The van der Waals surface area contributed by atoms with Crippen molar-refractivity contribution in [1.82, 2.24) is 20.1 Å². The molecule has 1 N–H and O–H groups in total. The first kappa shape index (κ1) is 16.6. The summed E-state index contributed by atoms with van der Waals surface area (Å²) in [5.41, 5.74) is 2.36. The van der Waals surface area contributed by atoms with E-state index in [9.17, 15) is 4.79 Å². The van der Waals surface area contributed by atoms with E-state index in [2.05, 4.69) is 31.3 Å². The molecule has 2 heterocycles. The van der Waals surface area contributed by atoms with Crippen molar-refractivity contribution in [1.29, 1.82) is 0 Å². The molecule has 124 valence electrons. The first-order valence-corrected chi connectivity index (χ1v) is 8.65. The molecule has 0 spiro atoms. The maximum absolute atomic E-state index is 12.5. The Labute approximate surface area is 149 Å². The van der Waals surface area contributed by atoms with Gasteiger partial charge in [0.2, 0.25) is 0 Å². The summed E-state index contributed by atoms with van der Waals surface area (Å²) in [4.78, 5) is 16.9. The lowest BCUT2D eigenvalue weighted by Crippen LogP contribution is -2.27. The molecular weight excluding hydrogens is 368 g/mol. The summed E-state index contributed by atoms with van der Waals surface area (Å²) in [5.74, 6) is -0.148. The summed E-state index contributed by atoms with van der Waals surface area (Å²) in [5, 5.41) is 8.21. The van der Waals surface area contributed by atoms with E-state index in [1.165, 1.54) is 0 Å². The molecule has 0 radical (unpaired) electrons. The van der Waals surface area contributed by atoms with Crippen molar-refractivity contribution >= 4 is 32.9 Å². The molecule has 6 heteroatoms. The molecule has 0 unspecified atom stereocenters. The summed E-state index contributed by atoms with van der Waals surface area (Å²) >= 11 is 3.52. The third-order valence-corrected chi connectivity index (χ3v) is 4.63. The summed E-state index contributed by atoms with van der Waals surface area (Å²) < 4.78 is 2.82. The van der Waals surface area contributed by atoms with Crippen molar-refractivity contribution in [3.05, 3.63) is 58.3 Å². The summed E-state index contributed by atoms with van der Waals surface area (Å²) in [6, 6.07) is 9.81. The van der Waals surface area contributed by atoms with Crippen molar-refractivity contribution < 1.29 is 4.79 Å². The van der Waals surface area contributed by atoms with Crippen LogP contribution in [-0.2, 0) is 0 Å². The Hall–Kier alpha value is -2.21. The molecule has 1 aromatic carbocycles. The van der Waals surface area contributed by atoms with E-state index in [1.54, 1.807) is 12.4 Å². The van der Waals surface area contributed by atoms with Gasteiger partial charge in [0, 0.05) is 22.1 Å². The number of amides is 1. The van der Waals surface area contributed by atoms with Crippen molar-refractivity contribution in [3.8, 4) is 0 Å². The number of hydrogen-bond donors (Lipinski definition) is 1. The van der Waals surface area contributed by atoms with Gasteiger partial charge < -0.3 is 5.32 Å². The van der Waals surface area contributed by atoms with Crippen LogP contribution in [0.25, 0.3) is 11.0 Å². The lowest BCUT2D eigenvalue weighted by atomic mass is 10.1. The van der Waals surface area contributed by atoms with Gasteiger partial charge in [0.25, 0.3) is 5.91 Å². The van der Waals surface area contributed by atoms with Crippen LogP contribution in [0.4, 0.5) is 0 Å². The van der Waals surface area contributed by atoms with Crippen LogP contribution in [0.3, 0.4) is 0 Å². The molecular formula is C18H19BrN4O. The van der Waals surface area contributed by atoms with Crippen LogP contribution < -0.4 is 5.32 Å². The second-order valence-corrected chi connectivity index (χ2v) is 6.89. The number of pyridine rings is 1. The molecule has 2 aromatic heterocycles. The highest BCUT2D eigenvalue weighted by Gasteiger charge is 2.15. The summed E-state index contributed by atoms with van der Waals surface area (Å²) in [6.45, 7) is 6.06. The van der Waals surface area contributed by atoms with Crippen molar-refractivity contribution in [2.45, 2.75) is 32.9 Å². The quantitative estimate of drug-likeness (QED) is 0.728. The number of carbonyl (C=O) groups excluding carboxylic acids is 1. The van der Waals surface area contributed by atoms with E-state index in [0.717, 1.165) is 21.1 Å². The van der Waals surface area contributed by atoms with Crippen LogP contribution in [-0.4, -0.2) is 20.7 Å². The number of benzene rings is 1. The van der Waals surface area contributed by atoms with Crippen LogP contribution >= 0.6 is 15.9 Å². The Bertz CT molecular complexity index is 888. The van der Waals surface area contributed by atoms with Gasteiger partial charge >= 0.3 is 0 Å². The zero-order chi connectivity index (χ0) is 17.3. The van der Waals surface area contributed by atoms with Crippen molar-refractivity contribution in [2.24, 2.45) is 0 Å². The van der Waals surface area contributed by atoms with Gasteiger partial charge in [0.15, 0.2) is 5.65 Å². The van der Waals surface area contributed by atoms with Crippen LogP contribution in [0.5, 0.6) is 0 Å². The highest BCUT2D eigenvalue weighted by atomic mass is 79.9. The van der Waals surface area contributed by atoms with Crippen LogP contribution in [0.15, 0.2) is 47.2 Å². The Morgan fingerprint density at radius 3 is 2.67 bits per heavy atom. The highest BCUT2D eigenvalue weighted by molar-refractivity contribution is 9.10. The van der Waals surface area contributed by atoms with Gasteiger partial charge in [-0.05, 0) is 38.5 Å². The molecule has 0 fully saturated rings. The monoisotopic (exact) mass is 386 g/mol. The minimum absolute atomic E-state index is 0.109. The SMILES string of the molecule is CC(C)n1ncc2cc(C(=O)N[C@H](C)c3ccccc3Br)cnc21. The normalized spacial score (nSPS) is 12.5. The van der Waals surface area contributed by atoms with Gasteiger partial charge in [0.1, 0.15) is 0 Å². The molecule has 5 nitrogen and oxygen atoms in total. The van der Waals surface area contributed by atoms with Gasteiger partial charge in [-0.2, -0.15) is 5.10 Å². The number of carbonyl (C=O) groups is 1. The predicted molar refractivity (Wildman–Crippen MR) is 97.9 cm³/mol. The average Bonchev–Trinajstić information content (AvgIpc) is 2.98. The molecule has 3 rings (SSSR count).